The SMILES string of the molecule is [C-]#[N+]c1ccc2c(c1)c1cc(-c3cnc4c(c3)C3(c5ccccc5Oc5ccc(-n6c7ccccc7c7ccccc76)cc53)c3cccnc3-4)ccc1n2-c1ccccc1-n1c2ccccc2c2ccccc21. The highest BCUT2D eigenvalue weighted by Gasteiger charge is 2.52. The molecule has 2 aliphatic rings. The summed E-state index contributed by atoms with van der Waals surface area (Å²) in [5.41, 5.74) is 17.5. The minimum atomic E-state index is -0.817. The highest BCUT2D eigenvalue weighted by atomic mass is 16.5. The molecule has 338 valence electrons. The van der Waals surface area contributed by atoms with Gasteiger partial charge in [0.2, 0.25) is 0 Å². The van der Waals surface area contributed by atoms with Gasteiger partial charge in [-0.25, -0.2) is 4.85 Å². The van der Waals surface area contributed by atoms with Gasteiger partial charge >= 0.3 is 0 Å². The highest BCUT2D eigenvalue weighted by Crippen LogP contribution is 2.62. The molecule has 1 unspecified atom stereocenters. The molecule has 9 aromatic carbocycles. The molecule has 5 aromatic heterocycles. The smallest absolute Gasteiger partial charge is 0.188 e. The molecule has 1 aliphatic heterocycles. The molecular formula is C66H38N6O. The van der Waals surface area contributed by atoms with Crippen LogP contribution in [0.25, 0.3) is 110 Å². The van der Waals surface area contributed by atoms with Crippen LogP contribution in [-0.2, 0) is 5.41 Å². The molecule has 0 fully saturated rings. The average Bonchev–Trinajstić information content (AvgIpc) is 4.17. The Kier molecular flexibility index (Phi) is 8.04. The van der Waals surface area contributed by atoms with Crippen LogP contribution >= 0.6 is 0 Å². The monoisotopic (exact) mass is 930 g/mol. The topological polar surface area (TPSA) is 54.2 Å². The number of hydrogen-bond donors (Lipinski definition) is 0. The first-order valence-corrected chi connectivity index (χ1v) is 24.6. The number of fused-ring (bicyclic) bond motifs is 18. The van der Waals surface area contributed by atoms with Crippen LogP contribution in [0.3, 0.4) is 0 Å². The van der Waals surface area contributed by atoms with Gasteiger partial charge in [-0.3, -0.25) is 9.97 Å². The van der Waals surface area contributed by atoms with Gasteiger partial charge in [-0.05, 0) is 114 Å². The fourth-order valence-corrected chi connectivity index (χ4v) is 12.6. The fourth-order valence-electron chi connectivity index (χ4n) is 12.6. The van der Waals surface area contributed by atoms with Crippen LogP contribution in [0.4, 0.5) is 5.69 Å². The van der Waals surface area contributed by atoms with Gasteiger partial charge in [0.15, 0.2) is 5.69 Å². The number of rotatable bonds is 4. The predicted octanol–water partition coefficient (Wildman–Crippen LogP) is 16.5. The zero-order chi connectivity index (χ0) is 47.9. The van der Waals surface area contributed by atoms with Gasteiger partial charge in [-0.15, -0.1) is 0 Å². The zero-order valence-electron chi connectivity index (χ0n) is 39.0. The second kappa shape index (κ2) is 14.8. The van der Waals surface area contributed by atoms with Crippen LogP contribution < -0.4 is 4.74 Å². The summed E-state index contributed by atoms with van der Waals surface area (Å²) in [7, 11) is 0. The molecule has 1 aliphatic carbocycles. The van der Waals surface area contributed by atoms with Crippen LogP contribution in [0.2, 0.25) is 0 Å². The number of aromatic nitrogens is 5. The first kappa shape index (κ1) is 39.8. The Morgan fingerprint density at radius 2 is 0.918 bits per heavy atom. The summed E-state index contributed by atoms with van der Waals surface area (Å²) >= 11 is 0. The average molecular weight is 931 g/mol. The van der Waals surface area contributed by atoms with E-state index in [4.69, 9.17) is 21.3 Å². The number of para-hydroxylation sites is 7. The molecule has 7 nitrogen and oxygen atoms in total. The molecule has 14 aromatic rings. The Morgan fingerprint density at radius 3 is 1.59 bits per heavy atom. The molecule has 7 heteroatoms. The second-order valence-electron chi connectivity index (χ2n) is 19.2. The van der Waals surface area contributed by atoms with E-state index >= 15 is 0 Å². The van der Waals surface area contributed by atoms with Crippen LogP contribution in [0, 0.1) is 6.57 Å². The predicted molar refractivity (Wildman–Crippen MR) is 294 cm³/mol. The van der Waals surface area contributed by atoms with E-state index in [9.17, 15) is 0 Å². The van der Waals surface area contributed by atoms with Crippen LogP contribution in [-0.4, -0.2) is 23.7 Å². The number of pyridine rings is 2. The first-order valence-electron chi connectivity index (χ1n) is 24.6. The molecule has 0 amide bonds. The Labute approximate surface area is 418 Å². The van der Waals surface area contributed by atoms with Crippen molar-refractivity contribution in [1.29, 1.82) is 0 Å². The molecule has 1 atom stereocenters. The van der Waals surface area contributed by atoms with Gasteiger partial charge in [0.1, 0.15) is 11.5 Å². The molecule has 6 heterocycles. The van der Waals surface area contributed by atoms with Crippen LogP contribution in [0.5, 0.6) is 11.5 Å². The third-order valence-corrected chi connectivity index (χ3v) is 15.6. The summed E-state index contributed by atoms with van der Waals surface area (Å²) in [5, 5.41) is 6.89. The number of ether oxygens (including phenoxy) is 1. The zero-order valence-corrected chi connectivity index (χ0v) is 39.0. The summed E-state index contributed by atoms with van der Waals surface area (Å²) in [4.78, 5) is 14.4. The van der Waals surface area contributed by atoms with Crippen molar-refractivity contribution in [2.45, 2.75) is 5.41 Å². The normalized spacial score (nSPS) is 14.5. The quantitative estimate of drug-likeness (QED) is 0.165. The van der Waals surface area contributed by atoms with Crippen molar-refractivity contribution in [1.82, 2.24) is 23.7 Å². The van der Waals surface area contributed by atoms with Gasteiger partial charge < -0.3 is 18.4 Å². The van der Waals surface area contributed by atoms with Crippen molar-refractivity contribution in [2.24, 2.45) is 0 Å². The number of benzene rings is 9. The maximum Gasteiger partial charge on any atom is 0.188 e. The van der Waals surface area contributed by atoms with Crippen molar-refractivity contribution in [3.05, 3.63) is 264 Å². The van der Waals surface area contributed by atoms with E-state index in [0.29, 0.717) is 5.69 Å². The minimum Gasteiger partial charge on any atom is -0.457 e. The van der Waals surface area contributed by atoms with Gasteiger partial charge in [0.05, 0.1) is 67.8 Å². The van der Waals surface area contributed by atoms with Crippen LogP contribution in [0.15, 0.2) is 231 Å². The number of nitrogens with zero attached hydrogens (tertiary/aromatic N) is 6. The van der Waals surface area contributed by atoms with E-state index in [1.165, 1.54) is 21.5 Å². The Balaban J connectivity index is 0.926. The van der Waals surface area contributed by atoms with E-state index in [1.54, 1.807) is 0 Å². The number of hydrogen-bond acceptors (Lipinski definition) is 3. The summed E-state index contributed by atoms with van der Waals surface area (Å²) < 4.78 is 14.0. The Hall–Kier alpha value is -10.0. The van der Waals surface area contributed by atoms with Crippen molar-refractivity contribution >= 4 is 71.1 Å². The molecule has 0 saturated carbocycles. The van der Waals surface area contributed by atoms with E-state index < -0.39 is 5.41 Å². The third kappa shape index (κ3) is 5.30. The summed E-state index contributed by atoms with van der Waals surface area (Å²) in [6, 6.07) is 77.7. The lowest BCUT2D eigenvalue weighted by molar-refractivity contribution is 0.436. The van der Waals surface area contributed by atoms with Crippen molar-refractivity contribution in [3.8, 4) is 51.1 Å². The fraction of sp³-hybridized carbons (Fsp3) is 0.0152. The van der Waals surface area contributed by atoms with Crippen molar-refractivity contribution in [2.75, 3.05) is 0 Å². The van der Waals surface area contributed by atoms with Crippen LogP contribution in [0.1, 0.15) is 22.3 Å². The lowest BCUT2D eigenvalue weighted by Gasteiger charge is -2.39. The Morgan fingerprint density at radius 1 is 0.384 bits per heavy atom. The van der Waals surface area contributed by atoms with Gasteiger partial charge in [-0.1, -0.05) is 121 Å². The minimum absolute atomic E-state index is 0.594. The summed E-state index contributed by atoms with van der Waals surface area (Å²) in [6.07, 6.45) is 3.87. The van der Waals surface area contributed by atoms with Gasteiger partial charge in [-0.2, -0.15) is 0 Å². The molecule has 1 spiro atoms. The molecule has 0 radical (unpaired) electrons. The lowest BCUT2D eigenvalue weighted by atomic mass is 9.66. The third-order valence-electron chi connectivity index (χ3n) is 15.6. The summed E-state index contributed by atoms with van der Waals surface area (Å²) in [5.74, 6) is 1.60. The molecule has 0 N–H and O–H groups in total. The highest BCUT2D eigenvalue weighted by molar-refractivity contribution is 6.13. The van der Waals surface area contributed by atoms with E-state index in [-0.39, 0.29) is 0 Å². The van der Waals surface area contributed by atoms with E-state index in [0.717, 1.165) is 117 Å². The van der Waals surface area contributed by atoms with Gasteiger partial charge in [0, 0.05) is 67.3 Å². The maximum absolute atomic E-state index is 8.10. The van der Waals surface area contributed by atoms with E-state index in [2.05, 4.69) is 213 Å². The maximum atomic E-state index is 8.10. The molecule has 73 heavy (non-hydrogen) atoms. The van der Waals surface area contributed by atoms with Crippen molar-refractivity contribution < 1.29 is 4.74 Å². The molecule has 0 saturated heterocycles. The first-order chi connectivity index (χ1) is 36.2. The molecular weight excluding hydrogens is 893 g/mol. The van der Waals surface area contributed by atoms with E-state index in [1.807, 2.05) is 36.7 Å². The summed E-state index contributed by atoms with van der Waals surface area (Å²) in [6.45, 7) is 8.10. The standard InChI is InChI=1S/C66H38N6O/c1-67-42-29-32-59-49(37-42)48-35-40(28-31-58(48)72(59)61-26-12-11-25-60(61)71-56-23-9-4-17-46(56)47-18-5-10-24-57(47)71)41-36-53-65(69-39-41)64-51(20-14-34-68-64)66(53)50-19-6-13-27-62(50)73-63-33-30-43(38-52(63)66)70-54-21-7-2-15-44(54)45-16-3-8-22-55(45)70/h2-39H. The Bertz CT molecular complexity index is 4650. The van der Waals surface area contributed by atoms with Gasteiger partial charge in [0.25, 0.3) is 0 Å². The largest absolute Gasteiger partial charge is 0.457 e. The molecule has 16 rings (SSSR count). The molecule has 0 bridgehead atoms. The lowest BCUT2D eigenvalue weighted by Crippen LogP contribution is -2.32. The van der Waals surface area contributed by atoms with Crippen molar-refractivity contribution in [3.63, 3.8) is 0 Å². The second-order valence-corrected chi connectivity index (χ2v) is 19.2.